The standard InChI is InChI=1S/C16H26N4O4S.ClH/c1-3-20(4-2)25(23,24)14-8-5-7-13(11-14)16(22)19-12-15(21)18-10-6-9-17;/h5,7-8,11H,3-4,6,9-10,12,17H2,1-2H3,(H,18,21)(H,19,22);1H. The number of halogens is 1. The molecular weight excluding hydrogens is 380 g/mol. The first-order chi connectivity index (χ1) is 11.9. The van der Waals surface area contributed by atoms with E-state index in [0.717, 1.165) is 0 Å². The summed E-state index contributed by atoms with van der Waals surface area (Å²) in [5, 5.41) is 5.09. The average molecular weight is 407 g/mol. The Morgan fingerprint density at radius 2 is 1.81 bits per heavy atom. The molecule has 26 heavy (non-hydrogen) atoms. The highest BCUT2D eigenvalue weighted by molar-refractivity contribution is 7.89. The number of nitrogens with one attached hydrogen (secondary N) is 2. The zero-order chi connectivity index (χ0) is 18.9. The van der Waals surface area contributed by atoms with Gasteiger partial charge in [0.25, 0.3) is 5.91 Å². The number of rotatable bonds is 10. The summed E-state index contributed by atoms with van der Waals surface area (Å²) in [4.78, 5) is 23.8. The van der Waals surface area contributed by atoms with Gasteiger partial charge in [-0.1, -0.05) is 19.9 Å². The minimum absolute atomic E-state index is 0. The van der Waals surface area contributed by atoms with Gasteiger partial charge in [-0.15, -0.1) is 12.4 Å². The molecule has 10 heteroatoms. The van der Waals surface area contributed by atoms with Gasteiger partial charge < -0.3 is 16.4 Å². The Bertz CT molecular complexity index is 693. The Labute approximate surface area is 161 Å². The van der Waals surface area contributed by atoms with Crippen LogP contribution in [-0.4, -0.2) is 57.3 Å². The highest BCUT2D eigenvalue weighted by Gasteiger charge is 2.22. The predicted molar refractivity (Wildman–Crippen MR) is 103 cm³/mol. The van der Waals surface area contributed by atoms with E-state index in [9.17, 15) is 18.0 Å². The van der Waals surface area contributed by atoms with Crippen LogP contribution in [0.2, 0.25) is 0 Å². The highest BCUT2D eigenvalue weighted by Crippen LogP contribution is 2.16. The fourth-order valence-electron chi connectivity index (χ4n) is 2.17. The Kier molecular flexibility index (Phi) is 11.1. The molecule has 0 unspecified atom stereocenters. The molecular formula is C16H27ClN4O4S. The summed E-state index contributed by atoms with van der Waals surface area (Å²) >= 11 is 0. The van der Waals surface area contributed by atoms with Crippen molar-refractivity contribution in [1.29, 1.82) is 0 Å². The second kappa shape index (κ2) is 11.8. The molecule has 148 valence electrons. The summed E-state index contributed by atoms with van der Waals surface area (Å²) in [5.74, 6) is -0.834. The molecule has 0 aliphatic carbocycles. The van der Waals surface area contributed by atoms with E-state index in [-0.39, 0.29) is 35.3 Å². The van der Waals surface area contributed by atoms with Crippen molar-refractivity contribution in [3.05, 3.63) is 29.8 Å². The summed E-state index contributed by atoms with van der Waals surface area (Å²) in [7, 11) is -3.64. The lowest BCUT2D eigenvalue weighted by Crippen LogP contribution is -2.37. The molecule has 0 saturated carbocycles. The number of carbonyl (C=O) groups is 2. The van der Waals surface area contributed by atoms with Crippen molar-refractivity contribution in [2.75, 3.05) is 32.7 Å². The fraction of sp³-hybridized carbons (Fsp3) is 0.500. The van der Waals surface area contributed by atoms with Gasteiger partial charge in [0.1, 0.15) is 0 Å². The molecule has 0 bridgehead atoms. The molecule has 1 rings (SSSR count). The Balaban J connectivity index is 0.00000625. The van der Waals surface area contributed by atoms with E-state index in [4.69, 9.17) is 5.73 Å². The molecule has 0 saturated heterocycles. The van der Waals surface area contributed by atoms with Crippen molar-refractivity contribution in [2.45, 2.75) is 25.2 Å². The summed E-state index contributed by atoms with van der Waals surface area (Å²) in [6, 6.07) is 5.77. The first-order valence-electron chi connectivity index (χ1n) is 8.22. The van der Waals surface area contributed by atoms with Crippen molar-refractivity contribution < 1.29 is 18.0 Å². The third-order valence-corrected chi connectivity index (χ3v) is 5.60. The van der Waals surface area contributed by atoms with E-state index < -0.39 is 15.9 Å². The summed E-state index contributed by atoms with van der Waals surface area (Å²) < 4.78 is 26.3. The van der Waals surface area contributed by atoms with Crippen LogP contribution in [-0.2, 0) is 14.8 Å². The lowest BCUT2D eigenvalue weighted by molar-refractivity contribution is -0.120. The zero-order valence-corrected chi connectivity index (χ0v) is 16.7. The quantitative estimate of drug-likeness (QED) is 0.483. The normalized spacial score (nSPS) is 10.9. The second-order valence-electron chi connectivity index (χ2n) is 5.29. The lowest BCUT2D eigenvalue weighted by Gasteiger charge is -2.18. The zero-order valence-electron chi connectivity index (χ0n) is 15.0. The third-order valence-electron chi connectivity index (χ3n) is 3.55. The maximum absolute atomic E-state index is 12.5. The van der Waals surface area contributed by atoms with Crippen molar-refractivity contribution >= 4 is 34.2 Å². The Morgan fingerprint density at radius 3 is 2.38 bits per heavy atom. The van der Waals surface area contributed by atoms with Crippen LogP contribution in [0.4, 0.5) is 0 Å². The van der Waals surface area contributed by atoms with Crippen LogP contribution in [0.5, 0.6) is 0 Å². The van der Waals surface area contributed by atoms with Crippen LogP contribution < -0.4 is 16.4 Å². The molecule has 2 amide bonds. The van der Waals surface area contributed by atoms with Gasteiger partial charge in [0.05, 0.1) is 11.4 Å². The number of benzene rings is 1. The maximum Gasteiger partial charge on any atom is 0.251 e. The van der Waals surface area contributed by atoms with Crippen molar-refractivity contribution in [3.8, 4) is 0 Å². The highest BCUT2D eigenvalue weighted by atomic mass is 35.5. The van der Waals surface area contributed by atoms with Crippen LogP contribution in [0.3, 0.4) is 0 Å². The van der Waals surface area contributed by atoms with Crippen LogP contribution >= 0.6 is 12.4 Å². The number of carbonyl (C=O) groups excluding carboxylic acids is 2. The smallest absolute Gasteiger partial charge is 0.251 e. The van der Waals surface area contributed by atoms with Gasteiger partial charge in [0, 0.05) is 25.2 Å². The molecule has 0 atom stereocenters. The van der Waals surface area contributed by atoms with E-state index in [1.54, 1.807) is 13.8 Å². The first-order valence-corrected chi connectivity index (χ1v) is 9.66. The number of amides is 2. The van der Waals surface area contributed by atoms with Crippen molar-refractivity contribution in [2.24, 2.45) is 5.73 Å². The molecule has 8 nitrogen and oxygen atoms in total. The minimum atomic E-state index is -3.64. The summed E-state index contributed by atoms with van der Waals surface area (Å²) in [5.41, 5.74) is 5.51. The van der Waals surface area contributed by atoms with Crippen LogP contribution in [0.1, 0.15) is 30.6 Å². The number of hydrogen-bond acceptors (Lipinski definition) is 5. The van der Waals surface area contributed by atoms with E-state index in [1.807, 2.05) is 0 Å². The van der Waals surface area contributed by atoms with Crippen LogP contribution in [0.15, 0.2) is 29.2 Å². The molecule has 4 N–H and O–H groups in total. The molecule has 1 aromatic carbocycles. The van der Waals surface area contributed by atoms with E-state index in [2.05, 4.69) is 10.6 Å². The van der Waals surface area contributed by atoms with Gasteiger partial charge in [-0.3, -0.25) is 9.59 Å². The number of nitrogens with zero attached hydrogens (tertiary/aromatic N) is 1. The Hall–Kier alpha value is -1.68. The van der Waals surface area contributed by atoms with Crippen LogP contribution in [0, 0.1) is 0 Å². The lowest BCUT2D eigenvalue weighted by atomic mass is 10.2. The maximum atomic E-state index is 12.5. The van der Waals surface area contributed by atoms with Gasteiger partial charge in [-0.05, 0) is 31.2 Å². The third kappa shape index (κ3) is 6.91. The monoisotopic (exact) mass is 406 g/mol. The fourth-order valence-corrected chi connectivity index (χ4v) is 3.67. The molecule has 0 spiro atoms. The second-order valence-corrected chi connectivity index (χ2v) is 7.23. The molecule has 0 aromatic heterocycles. The van der Waals surface area contributed by atoms with Gasteiger partial charge >= 0.3 is 0 Å². The first kappa shape index (κ1) is 24.3. The number of sulfonamides is 1. The van der Waals surface area contributed by atoms with Gasteiger partial charge in [0.15, 0.2) is 0 Å². The van der Waals surface area contributed by atoms with E-state index >= 15 is 0 Å². The van der Waals surface area contributed by atoms with Crippen molar-refractivity contribution in [3.63, 3.8) is 0 Å². The van der Waals surface area contributed by atoms with E-state index in [1.165, 1.54) is 28.6 Å². The van der Waals surface area contributed by atoms with Crippen LogP contribution in [0.25, 0.3) is 0 Å². The molecule has 0 aliphatic heterocycles. The predicted octanol–water partition coefficient (Wildman–Crippen LogP) is 0.334. The average Bonchev–Trinajstić information content (AvgIpc) is 2.60. The minimum Gasteiger partial charge on any atom is -0.355 e. The number of nitrogens with two attached hydrogens (primary N) is 1. The van der Waals surface area contributed by atoms with Gasteiger partial charge in [-0.2, -0.15) is 4.31 Å². The molecule has 0 radical (unpaired) electrons. The summed E-state index contributed by atoms with van der Waals surface area (Å²) in [6.07, 6.45) is 0.658. The molecule has 0 aliphatic rings. The number of hydrogen-bond donors (Lipinski definition) is 3. The molecule has 1 aromatic rings. The largest absolute Gasteiger partial charge is 0.355 e. The SMILES string of the molecule is CCN(CC)S(=O)(=O)c1cccc(C(=O)NCC(=O)NCCCN)c1.Cl. The topological polar surface area (TPSA) is 122 Å². The molecule has 0 heterocycles. The molecule has 0 fully saturated rings. The summed E-state index contributed by atoms with van der Waals surface area (Å²) in [6.45, 7) is 4.93. The van der Waals surface area contributed by atoms with Gasteiger partial charge in [0.2, 0.25) is 15.9 Å². The Morgan fingerprint density at radius 1 is 1.15 bits per heavy atom. The van der Waals surface area contributed by atoms with E-state index in [0.29, 0.717) is 32.6 Å². The van der Waals surface area contributed by atoms with Crippen molar-refractivity contribution in [1.82, 2.24) is 14.9 Å². The van der Waals surface area contributed by atoms with Gasteiger partial charge in [-0.25, -0.2) is 8.42 Å².